The maximum atomic E-state index is 7.75. The van der Waals surface area contributed by atoms with Gasteiger partial charge >= 0.3 is 70.0 Å². The van der Waals surface area contributed by atoms with Gasteiger partial charge in [-0.2, -0.15) is 0 Å². The minimum atomic E-state index is -0.106. The van der Waals surface area contributed by atoms with Gasteiger partial charge in [-0.1, -0.05) is 0 Å². The Morgan fingerprint density at radius 3 is 0.700 bits per heavy atom. The van der Waals surface area contributed by atoms with Gasteiger partial charge in [0.2, 0.25) is 0 Å². The van der Waals surface area contributed by atoms with Crippen LogP contribution in [0.3, 0.4) is 0 Å². The van der Waals surface area contributed by atoms with Crippen LogP contribution in [0, 0.1) is 0 Å². The van der Waals surface area contributed by atoms with E-state index in [4.69, 9.17) is 47.7 Å². The molecule has 0 saturated heterocycles. The molecule has 2 nitrogen and oxygen atoms in total. The molecule has 0 bridgehead atoms. The van der Waals surface area contributed by atoms with E-state index in [1.165, 1.54) is 0 Å². The summed E-state index contributed by atoms with van der Waals surface area (Å²) in [7, 11) is 19.3. The summed E-state index contributed by atoms with van der Waals surface area (Å²) >= 11 is -0.211. The summed E-state index contributed by atoms with van der Waals surface area (Å²) in [6, 6.07) is 0. The summed E-state index contributed by atoms with van der Waals surface area (Å²) < 4.78 is 0. The van der Waals surface area contributed by atoms with Gasteiger partial charge in [0.15, 0.2) is 0 Å². The van der Waals surface area contributed by atoms with E-state index in [0.29, 0.717) is 0 Å². The number of rotatable bonds is 0. The molecule has 0 aliphatic heterocycles. The fourth-order valence-electron chi connectivity index (χ4n) is 0. The van der Waals surface area contributed by atoms with E-state index in [1.54, 1.807) is 0 Å². The molecule has 0 saturated carbocycles. The van der Waals surface area contributed by atoms with Crippen molar-refractivity contribution in [1.29, 1.82) is 0 Å². The van der Waals surface area contributed by atoms with Crippen molar-refractivity contribution in [3.05, 3.63) is 0 Å². The van der Waals surface area contributed by atoms with Gasteiger partial charge in [0.1, 0.15) is 0 Å². The van der Waals surface area contributed by atoms with Gasteiger partial charge in [0, 0.05) is 0 Å². The summed E-state index contributed by atoms with van der Waals surface area (Å²) in [5, 5.41) is 0. The average Bonchev–Trinajstić information content (AvgIpc) is 1.99. The normalized spacial score (nSPS) is 5.20. The van der Waals surface area contributed by atoms with E-state index in [9.17, 15) is 0 Å². The molecule has 0 aromatic rings. The zero-order chi connectivity index (χ0) is 9.41. The molecule has 0 aromatic carbocycles. The van der Waals surface area contributed by atoms with E-state index in [0.717, 1.165) is 0 Å². The van der Waals surface area contributed by atoms with Crippen molar-refractivity contribution in [2.75, 3.05) is 0 Å². The van der Waals surface area contributed by atoms with Crippen LogP contribution in [0.2, 0.25) is 0 Å². The number of carbonyl (C=O) groups excluding carboxylic acids is 2. The van der Waals surface area contributed by atoms with Crippen LogP contribution >= 0.6 is 38.1 Å². The van der Waals surface area contributed by atoms with E-state index < -0.39 is 0 Å². The quantitative estimate of drug-likeness (QED) is 0.347. The van der Waals surface area contributed by atoms with Crippen molar-refractivity contribution < 1.29 is 41.5 Å². The molecule has 0 aliphatic rings. The van der Waals surface area contributed by atoms with E-state index in [2.05, 4.69) is 13.6 Å². The SMILES string of the molecule is [CH-]=O.[CH-]=O.[Cl][Pd-][Cl].[Cl][Pd-][Cl]. The molecule has 0 heterocycles. The topological polar surface area (TPSA) is 34.1 Å². The fourth-order valence-corrected chi connectivity index (χ4v) is 0. The molecule has 0 rings (SSSR count). The second kappa shape index (κ2) is 71.4. The first-order chi connectivity index (χ1) is 4.83. The predicted molar refractivity (Wildman–Crippen MR) is 36.9 cm³/mol. The van der Waals surface area contributed by atoms with Crippen LogP contribution in [0.1, 0.15) is 0 Å². The molecule has 0 radical (unpaired) electrons. The molecule has 10 heavy (non-hydrogen) atoms. The van der Waals surface area contributed by atoms with Gasteiger partial charge < -0.3 is 9.59 Å². The zero-order valence-corrected chi connectivity index (χ0v) is 10.2. The predicted octanol–water partition coefficient (Wildman–Crippen LogP) is 2.20. The zero-order valence-electron chi connectivity index (χ0n) is 4.12. The molecule has 0 spiro atoms. The molecular formula is C2H2Cl4O2Pd2-4. The second-order valence-electron chi connectivity index (χ2n) is 0.0904. The van der Waals surface area contributed by atoms with E-state index >= 15 is 0 Å². The van der Waals surface area contributed by atoms with Crippen LogP contribution in [-0.4, -0.2) is 13.6 Å². The Bertz CT molecular complexity index is 31.2. The Morgan fingerprint density at radius 1 is 0.700 bits per heavy atom. The Morgan fingerprint density at radius 2 is 0.700 bits per heavy atom. The monoisotopic (exact) mass is 410 g/mol. The molecular weight excluding hydrogens is 411 g/mol. The van der Waals surface area contributed by atoms with E-state index in [-0.39, 0.29) is 31.9 Å². The minimum absolute atomic E-state index is 0.106. The average molecular weight is 413 g/mol. The summed E-state index contributed by atoms with van der Waals surface area (Å²) in [4.78, 5) is 15.5. The van der Waals surface area contributed by atoms with Crippen LogP contribution in [-0.2, 0) is 41.5 Å². The van der Waals surface area contributed by atoms with Crippen molar-refractivity contribution in [1.82, 2.24) is 0 Å². The first kappa shape index (κ1) is 22.6. The van der Waals surface area contributed by atoms with Crippen LogP contribution in [0.4, 0.5) is 0 Å². The van der Waals surface area contributed by atoms with Crippen molar-refractivity contribution in [3.63, 3.8) is 0 Å². The van der Waals surface area contributed by atoms with Crippen molar-refractivity contribution in [3.8, 4) is 0 Å². The third-order valence-corrected chi connectivity index (χ3v) is 0. The van der Waals surface area contributed by atoms with Crippen LogP contribution < -0.4 is 0 Å². The molecule has 0 aromatic heterocycles. The van der Waals surface area contributed by atoms with E-state index in [1.807, 2.05) is 0 Å². The Labute approximate surface area is 92.1 Å². The van der Waals surface area contributed by atoms with Gasteiger partial charge in [-0.25, -0.2) is 0 Å². The number of hydrogen-bond acceptors (Lipinski definition) is 2. The van der Waals surface area contributed by atoms with Crippen LogP contribution in [0.5, 0.6) is 0 Å². The molecule has 8 heteroatoms. The maximum absolute atomic E-state index is 7.75. The van der Waals surface area contributed by atoms with Gasteiger partial charge in [-0.15, -0.1) is 0 Å². The summed E-state index contributed by atoms with van der Waals surface area (Å²) in [6.07, 6.45) is 0. The number of halogens is 4. The first-order valence-electron chi connectivity index (χ1n) is 0.949. The molecule has 0 aliphatic carbocycles. The Hall–Kier alpha value is 1.82. The van der Waals surface area contributed by atoms with Crippen LogP contribution in [0.15, 0.2) is 0 Å². The standard InChI is InChI=1S/2CHO.4ClH.2Pd/c2*1-2;;;;;;/h2*1H;4*1H;;/q2*-1;;;;;2*+1/p-4. The molecule has 0 unspecified atom stereocenters. The first-order valence-corrected chi connectivity index (χ1v) is 8.96. The summed E-state index contributed by atoms with van der Waals surface area (Å²) in [5.74, 6) is 0. The molecule has 0 amide bonds. The molecule has 0 atom stereocenters. The Balaban J connectivity index is -0.0000000246. The second-order valence-corrected chi connectivity index (χ2v) is 4.81. The summed E-state index contributed by atoms with van der Waals surface area (Å²) in [6.45, 7) is 6.50. The third-order valence-electron chi connectivity index (χ3n) is 0. The van der Waals surface area contributed by atoms with Gasteiger partial charge in [-0.3, -0.25) is 13.6 Å². The third kappa shape index (κ3) is 230. The van der Waals surface area contributed by atoms with Gasteiger partial charge in [0.05, 0.1) is 0 Å². The molecule has 0 fully saturated rings. The van der Waals surface area contributed by atoms with Crippen molar-refractivity contribution >= 4 is 51.7 Å². The summed E-state index contributed by atoms with van der Waals surface area (Å²) in [5.41, 5.74) is 0. The van der Waals surface area contributed by atoms with Crippen LogP contribution in [0.25, 0.3) is 0 Å². The van der Waals surface area contributed by atoms with Crippen molar-refractivity contribution in [2.24, 2.45) is 0 Å². The Kier molecular flexibility index (Phi) is 162. The fraction of sp³-hybridized carbons (Fsp3) is 0. The molecule has 0 N–H and O–H groups in total. The number of hydrogen-bond donors (Lipinski definition) is 0. The van der Waals surface area contributed by atoms with Gasteiger partial charge in [-0.05, 0) is 0 Å². The van der Waals surface area contributed by atoms with Crippen molar-refractivity contribution in [2.45, 2.75) is 0 Å². The van der Waals surface area contributed by atoms with Gasteiger partial charge in [0.25, 0.3) is 0 Å². The molecule has 74 valence electrons.